The SMILES string of the molecule is COc1cc(OP(=O)(OC)OC)ncn1. The fourth-order valence-electron chi connectivity index (χ4n) is 0.748. The highest BCUT2D eigenvalue weighted by molar-refractivity contribution is 7.48. The molecule has 0 aliphatic carbocycles. The van der Waals surface area contributed by atoms with Crippen LogP contribution in [-0.2, 0) is 13.6 Å². The number of hydrogen-bond acceptors (Lipinski definition) is 7. The number of hydrogen-bond donors (Lipinski definition) is 0. The predicted molar refractivity (Wildman–Crippen MR) is 50.8 cm³/mol. The molecule has 0 saturated heterocycles. The monoisotopic (exact) mass is 234 g/mol. The van der Waals surface area contributed by atoms with Crippen molar-refractivity contribution in [3.8, 4) is 11.8 Å². The normalized spacial score (nSPS) is 11.1. The predicted octanol–water partition coefficient (Wildman–Crippen LogP) is 1.26. The second kappa shape index (κ2) is 5.06. The van der Waals surface area contributed by atoms with Gasteiger partial charge in [-0.15, -0.1) is 0 Å². The van der Waals surface area contributed by atoms with Gasteiger partial charge in [-0.25, -0.2) is 14.5 Å². The molecule has 0 aromatic carbocycles. The van der Waals surface area contributed by atoms with Gasteiger partial charge >= 0.3 is 7.82 Å². The van der Waals surface area contributed by atoms with Gasteiger partial charge in [0.2, 0.25) is 11.8 Å². The van der Waals surface area contributed by atoms with E-state index < -0.39 is 7.82 Å². The second-order valence-electron chi connectivity index (χ2n) is 2.30. The summed E-state index contributed by atoms with van der Waals surface area (Å²) in [6.07, 6.45) is 1.21. The van der Waals surface area contributed by atoms with E-state index in [2.05, 4.69) is 19.0 Å². The summed E-state index contributed by atoms with van der Waals surface area (Å²) in [5.41, 5.74) is 0. The summed E-state index contributed by atoms with van der Waals surface area (Å²) in [4.78, 5) is 7.48. The van der Waals surface area contributed by atoms with Crippen LogP contribution in [-0.4, -0.2) is 31.3 Å². The zero-order valence-electron chi connectivity index (χ0n) is 8.54. The number of ether oxygens (including phenoxy) is 1. The lowest BCUT2D eigenvalue weighted by Crippen LogP contribution is -1.99. The van der Waals surface area contributed by atoms with Crippen molar-refractivity contribution in [2.24, 2.45) is 0 Å². The molecular weight excluding hydrogens is 223 g/mol. The van der Waals surface area contributed by atoms with Gasteiger partial charge in [-0.2, -0.15) is 0 Å². The van der Waals surface area contributed by atoms with Gasteiger partial charge in [-0.1, -0.05) is 0 Å². The molecule has 8 heteroatoms. The molecule has 0 atom stereocenters. The van der Waals surface area contributed by atoms with Crippen LogP contribution in [0.15, 0.2) is 12.4 Å². The third-order valence-corrected chi connectivity index (χ3v) is 2.78. The van der Waals surface area contributed by atoms with Crippen molar-refractivity contribution in [2.75, 3.05) is 21.3 Å². The lowest BCUT2D eigenvalue weighted by atomic mass is 10.6. The highest BCUT2D eigenvalue weighted by Crippen LogP contribution is 2.47. The Morgan fingerprint density at radius 3 is 2.27 bits per heavy atom. The topological polar surface area (TPSA) is 79.8 Å². The van der Waals surface area contributed by atoms with Crippen LogP contribution in [0.25, 0.3) is 0 Å². The molecule has 15 heavy (non-hydrogen) atoms. The number of aromatic nitrogens is 2. The largest absolute Gasteiger partial charge is 0.530 e. The quantitative estimate of drug-likeness (QED) is 0.709. The van der Waals surface area contributed by atoms with Crippen LogP contribution in [0, 0.1) is 0 Å². The molecule has 1 heterocycles. The lowest BCUT2D eigenvalue weighted by molar-refractivity contribution is 0.208. The van der Waals surface area contributed by atoms with E-state index in [0.29, 0.717) is 5.88 Å². The van der Waals surface area contributed by atoms with Crippen molar-refractivity contribution in [1.82, 2.24) is 9.97 Å². The summed E-state index contributed by atoms with van der Waals surface area (Å²) in [6, 6.07) is 1.37. The van der Waals surface area contributed by atoms with E-state index >= 15 is 0 Å². The van der Waals surface area contributed by atoms with Gasteiger partial charge in [-0.3, -0.25) is 9.05 Å². The molecule has 1 aromatic heterocycles. The number of phosphoric ester groups is 1. The first-order chi connectivity index (χ1) is 7.13. The minimum atomic E-state index is -3.58. The summed E-state index contributed by atoms with van der Waals surface area (Å²) in [5, 5.41) is 0. The molecule has 0 amide bonds. The number of nitrogens with zero attached hydrogens (tertiary/aromatic N) is 2. The van der Waals surface area contributed by atoms with Gasteiger partial charge in [-0.05, 0) is 0 Å². The molecular formula is C7H11N2O5P. The van der Waals surface area contributed by atoms with E-state index in [0.717, 1.165) is 0 Å². The lowest BCUT2D eigenvalue weighted by Gasteiger charge is -2.13. The van der Waals surface area contributed by atoms with Crippen LogP contribution >= 0.6 is 7.82 Å². The van der Waals surface area contributed by atoms with Gasteiger partial charge in [0.15, 0.2) is 0 Å². The van der Waals surface area contributed by atoms with Crippen LogP contribution < -0.4 is 9.26 Å². The van der Waals surface area contributed by atoms with E-state index in [1.165, 1.54) is 33.7 Å². The fourth-order valence-corrected chi connectivity index (χ4v) is 1.38. The maximum atomic E-state index is 11.6. The van der Waals surface area contributed by atoms with Crippen molar-refractivity contribution in [3.05, 3.63) is 12.4 Å². The van der Waals surface area contributed by atoms with Crippen molar-refractivity contribution >= 4 is 7.82 Å². The number of methoxy groups -OCH3 is 1. The van der Waals surface area contributed by atoms with Crippen molar-refractivity contribution in [3.63, 3.8) is 0 Å². The van der Waals surface area contributed by atoms with Gasteiger partial charge in [0.1, 0.15) is 6.33 Å². The minimum Gasteiger partial charge on any atom is -0.481 e. The Hall–Kier alpha value is -1.17. The van der Waals surface area contributed by atoms with Crippen LogP contribution in [0.3, 0.4) is 0 Å². The van der Waals surface area contributed by atoms with Gasteiger partial charge in [0.05, 0.1) is 13.2 Å². The van der Waals surface area contributed by atoms with Gasteiger partial charge in [0.25, 0.3) is 0 Å². The summed E-state index contributed by atoms with van der Waals surface area (Å²) in [7, 11) is 0.286. The molecule has 7 nitrogen and oxygen atoms in total. The first-order valence-electron chi connectivity index (χ1n) is 3.90. The highest BCUT2D eigenvalue weighted by atomic mass is 31.2. The Morgan fingerprint density at radius 2 is 1.73 bits per heavy atom. The first kappa shape index (κ1) is 11.9. The zero-order valence-corrected chi connectivity index (χ0v) is 9.43. The maximum Gasteiger partial charge on any atom is 0.530 e. The summed E-state index contributed by atoms with van der Waals surface area (Å²) in [5.74, 6) is 0.340. The number of rotatable bonds is 5. The highest BCUT2D eigenvalue weighted by Gasteiger charge is 2.25. The van der Waals surface area contributed by atoms with Crippen molar-refractivity contribution in [1.29, 1.82) is 0 Å². The second-order valence-corrected chi connectivity index (χ2v) is 4.11. The molecule has 1 aromatic rings. The molecule has 0 fully saturated rings. The smallest absolute Gasteiger partial charge is 0.481 e. The van der Waals surface area contributed by atoms with Crippen LogP contribution in [0.5, 0.6) is 11.8 Å². The van der Waals surface area contributed by atoms with Gasteiger partial charge in [0, 0.05) is 14.2 Å². The first-order valence-corrected chi connectivity index (χ1v) is 5.36. The van der Waals surface area contributed by atoms with E-state index in [9.17, 15) is 4.57 Å². The Kier molecular flexibility index (Phi) is 4.02. The molecule has 1 rings (SSSR count). The summed E-state index contributed by atoms with van der Waals surface area (Å²) < 4.78 is 30.5. The molecule has 0 spiro atoms. The molecule has 84 valence electrons. The third kappa shape index (κ3) is 3.16. The van der Waals surface area contributed by atoms with E-state index in [1.807, 2.05) is 0 Å². The third-order valence-electron chi connectivity index (χ3n) is 1.48. The summed E-state index contributed by atoms with van der Waals surface area (Å²) in [6.45, 7) is 0. The molecule has 0 saturated carbocycles. The van der Waals surface area contributed by atoms with Crippen LogP contribution in [0.1, 0.15) is 0 Å². The van der Waals surface area contributed by atoms with Crippen molar-refractivity contribution < 1.29 is 22.9 Å². The average Bonchev–Trinajstić information content (AvgIpc) is 2.29. The van der Waals surface area contributed by atoms with E-state index in [1.54, 1.807) is 0 Å². The number of phosphoric acid groups is 1. The zero-order chi connectivity index (χ0) is 11.3. The maximum absolute atomic E-state index is 11.6. The van der Waals surface area contributed by atoms with Crippen molar-refractivity contribution in [2.45, 2.75) is 0 Å². The minimum absolute atomic E-state index is 0.0499. The molecule has 0 radical (unpaired) electrons. The van der Waals surface area contributed by atoms with Crippen LogP contribution in [0.2, 0.25) is 0 Å². The Bertz CT molecular complexity index is 364. The molecule has 0 unspecified atom stereocenters. The van der Waals surface area contributed by atoms with Gasteiger partial charge < -0.3 is 9.26 Å². The summed E-state index contributed by atoms with van der Waals surface area (Å²) >= 11 is 0. The molecule has 0 aliphatic heterocycles. The molecule has 0 aliphatic rings. The average molecular weight is 234 g/mol. The van der Waals surface area contributed by atoms with E-state index in [4.69, 9.17) is 9.26 Å². The van der Waals surface area contributed by atoms with Crippen LogP contribution in [0.4, 0.5) is 0 Å². The van der Waals surface area contributed by atoms with E-state index in [-0.39, 0.29) is 5.88 Å². The molecule has 0 N–H and O–H groups in total. The molecule has 0 bridgehead atoms. The fraction of sp³-hybridized carbons (Fsp3) is 0.429. The standard InChI is InChI=1S/C7H11N2O5P/c1-11-6-4-7(9-5-8-6)14-15(10,12-2)13-3/h4-5H,1-3H3. The Labute approximate surface area is 87.0 Å². The Morgan fingerprint density at radius 1 is 1.13 bits per heavy atom. The Balaban J connectivity index is 2.84.